The Labute approximate surface area is 146 Å². The predicted molar refractivity (Wildman–Crippen MR) is 94.2 cm³/mol. The van der Waals surface area contributed by atoms with Gasteiger partial charge < -0.3 is 15.0 Å². The van der Waals surface area contributed by atoms with Gasteiger partial charge in [0.2, 0.25) is 5.91 Å². The van der Waals surface area contributed by atoms with E-state index in [1.54, 1.807) is 4.90 Å². The second-order valence-electron chi connectivity index (χ2n) is 6.60. The molecule has 5 heteroatoms. The van der Waals surface area contributed by atoms with Gasteiger partial charge in [0.15, 0.2) is 0 Å². The number of cyclic esters (lactones) is 1. The van der Waals surface area contributed by atoms with Gasteiger partial charge in [-0.2, -0.15) is 0 Å². The van der Waals surface area contributed by atoms with Crippen LogP contribution in [0.1, 0.15) is 16.7 Å². The molecule has 1 fully saturated rings. The van der Waals surface area contributed by atoms with Gasteiger partial charge in [-0.3, -0.25) is 4.79 Å². The number of anilines is 1. The SMILES string of the molecule is O=C(Nc1ccc(CN2CCOC2=O)cc1)C1Cc2ccccc2C1. The quantitative estimate of drug-likeness (QED) is 0.934. The minimum Gasteiger partial charge on any atom is -0.448 e. The molecule has 1 N–H and O–H groups in total. The third-order valence-electron chi connectivity index (χ3n) is 4.86. The summed E-state index contributed by atoms with van der Waals surface area (Å²) in [7, 11) is 0. The Kier molecular flexibility index (Phi) is 4.14. The fourth-order valence-corrected chi connectivity index (χ4v) is 3.47. The number of nitrogens with one attached hydrogen (secondary N) is 1. The van der Waals surface area contributed by atoms with E-state index in [4.69, 9.17) is 4.74 Å². The third kappa shape index (κ3) is 3.36. The van der Waals surface area contributed by atoms with Crippen LogP contribution >= 0.6 is 0 Å². The molecule has 2 aliphatic rings. The van der Waals surface area contributed by atoms with E-state index in [9.17, 15) is 9.59 Å². The van der Waals surface area contributed by atoms with Gasteiger partial charge >= 0.3 is 6.09 Å². The second-order valence-corrected chi connectivity index (χ2v) is 6.60. The first-order chi connectivity index (χ1) is 12.2. The number of hydrogen-bond acceptors (Lipinski definition) is 3. The smallest absolute Gasteiger partial charge is 0.410 e. The number of amides is 2. The maximum absolute atomic E-state index is 12.5. The van der Waals surface area contributed by atoms with Crippen LogP contribution in [0.4, 0.5) is 10.5 Å². The number of ether oxygens (including phenoxy) is 1. The Morgan fingerprint density at radius 2 is 1.76 bits per heavy atom. The molecule has 0 unspecified atom stereocenters. The van der Waals surface area contributed by atoms with Crippen LogP contribution in [0.5, 0.6) is 0 Å². The number of carbonyl (C=O) groups is 2. The molecule has 1 heterocycles. The molecular weight excluding hydrogens is 316 g/mol. The molecule has 0 bridgehead atoms. The van der Waals surface area contributed by atoms with Crippen molar-refractivity contribution >= 4 is 17.7 Å². The van der Waals surface area contributed by atoms with Crippen LogP contribution in [0.15, 0.2) is 48.5 Å². The van der Waals surface area contributed by atoms with Gasteiger partial charge in [0.1, 0.15) is 6.61 Å². The highest BCUT2D eigenvalue weighted by Crippen LogP contribution is 2.27. The molecule has 2 amide bonds. The van der Waals surface area contributed by atoms with Gasteiger partial charge in [0.25, 0.3) is 0 Å². The molecule has 2 aromatic rings. The molecule has 4 rings (SSSR count). The number of benzene rings is 2. The fourth-order valence-electron chi connectivity index (χ4n) is 3.47. The van der Waals surface area contributed by atoms with Crippen molar-refractivity contribution in [2.45, 2.75) is 19.4 Å². The van der Waals surface area contributed by atoms with Crippen molar-refractivity contribution in [2.75, 3.05) is 18.5 Å². The zero-order valence-corrected chi connectivity index (χ0v) is 13.9. The van der Waals surface area contributed by atoms with E-state index in [0.29, 0.717) is 19.7 Å². The van der Waals surface area contributed by atoms with Gasteiger partial charge in [-0.15, -0.1) is 0 Å². The number of carbonyl (C=O) groups excluding carboxylic acids is 2. The number of hydrogen-bond donors (Lipinski definition) is 1. The van der Waals surface area contributed by atoms with Crippen molar-refractivity contribution in [3.63, 3.8) is 0 Å². The first-order valence-electron chi connectivity index (χ1n) is 8.57. The zero-order valence-electron chi connectivity index (χ0n) is 13.9. The van der Waals surface area contributed by atoms with Gasteiger partial charge in [0, 0.05) is 18.2 Å². The highest BCUT2D eigenvalue weighted by Gasteiger charge is 2.27. The molecule has 1 aliphatic carbocycles. The van der Waals surface area contributed by atoms with Crippen LogP contribution in [0, 0.1) is 5.92 Å². The molecule has 1 saturated heterocycles. The Hall–Kier alpha value is -2.82. The van der Waals surface area contributed by atoms with Crippen LogP contribution < -0.4 is 5.32 Å². The lowest BCUT2D eigenvalue weighted by Crippen LogP contribution is -2.24. The molecular formula is C20H20N2O3. The monoisotopic (exact) mass is 336 g/mol. The lowest BCUT2D eigenvalue weighted by atomic mass is 10.1. The van der Waals surface area contributed by atoms with Crippen molar-refractivity contribution in [1.29, 1.82) is 0 Å². The zero-order chi connectivity index (χ0) is 17.2. The highest BCUT2D eigenvalue weighted by atomic mass is 16.6. The minimum atomic E-state index is -0.266. The minimum absolute atomic E-state index is 0.00329. The van der Waals surface area contributed by atoms with Crippen molar-refractivity contribution in [3.05, 3.63) is 65.2 Å². The van der Waals surface area contributed by atoms with E-state index < -0.39 is 0 Å². The summed E-state index contributed by atoms with van der Waals surface area (Å²) in [5.74, 6) is 0.0588. The molecule has 0 spiro atoms. The fraction of sp³-hybridized carbons (Fsp3) is 0.300. The number of fused-ring (bicyclic) bond motifs is 1. The average molecular weight is 336 g/mol. The molecule has 0 saturated carbocycles. The molecule has 5 nitrogen and oxygen atoms in total. The summed E-state index contributed by atoms with van der Waals surface area (Å²) in [6, 6.07) is 15.9. The Bertz CT molecular complexity index is 776. The molecule has 25 heavy (non-hydrogen) atoms. The second kappa shape index (κ2) is 6.59. The normalized spacial score (nSPS) is 16.6. The van der Waals surface area contributed by atoms with E-state index in [-0.39, 0.29) is 17.9 Å². The van der Waals surface area contributed by atoms with E-state index in [1.165, 1.54) is 11.1 Å². The molecule has 1 aliphatic heterocycles. The Balaban J connectivity index is 1.35. The lowest BCUT2D eigenvalue weighted by Gasteiger charge is -2.14. The maximum atomic E-state index is 12.5. The van der Waals surface area contributed by atoms with Crippen molar-refractivity contribution < 1.29 is 14.3 Å². The van der Waals surface area contributed by atoms with Gasteiger partial charge in [-0.05, 0) is 41.7 Å². The van der Waals surface area contributed by atoms with Crippen molar-refractivity contribution in [2.24, 2.45) is 5.92 Å². The van der Waals surface area contributed by atoms with Crippen LogP contribution in [-0.4, -0.2) is 30.1 Å². The summed E-state index contributed by atoms with van der Waals surface area (Å²) < 4.78 is 4.93. The molecule has 0 atom stereocenters. The standard InChI is InChI=1S/C20H20N2O3/c23-19(17-11-15-3-1-2-4-16(15)12-17)21-18-7-5-14(6-8-18)13-22-9-10-25-20(22)24/h1-8,17H,9-13H2,(H,21,23). The summed E-state index contributed by atoms with van der Waals surface area (Å²) in [5, 5.41) is 3.00. The summed E-state index contributed by atoms with van der Waals surface area (Å²) in [4.78, 5) is 25.7. The summed E-state index contributed by atoms with van der Waals surface area (Å²) in [5.41, 5.74) is 4.35. The first kappa shape index (κ1) is 15.7. The summed E-state index contributed by atoms with van der Waals surface area (Å²) >= 11 is 0. The van der Waals surface area contributed by atoms with E-state index in [1.807, 2.05) is 36.4 Å². The summed E-state index contributed by atoms with van der Waals surface area (Å²) in [6.07, 6.45) is 1.34. The number of nitrogens with zero attached hydrogens (tertiary/aromatic N) is 1. The highest BCUT2D eigenvalue weighted by molar-refractivity contribution is 5.93. The molecule has 0 aromatic heterocycles. The predicted octanol–water partition coefficient (Wildman–Crippen LogP) is 2.99. The third-order valence-corrected chi connectivity index (χ3v) is 4.86. The van der Waals surface area contributed by atoms with E-state index in [0.717, 1.165) is 24.1 Å². The number of rotatable bonds is 4. The first-order valence-corrected chi connectivity index (χ1v) is 8.57. The van der Waals surface area contributed by atoms with Crippen LogP contribution in [0.3, 0.4) is 0 Å². The summed E-state index contributed by atoms with van der Waals surface area (Å²) in [6.45, 7) is 1.61. The van der Waals surface area contributed by atoms with E-state index >= 15 is 0 Å². The van der Waals surface area contributed by atoms with Gasteiger partial charge in [-0.1, -0.05) is 36.4 Å². The van der Waals surface area contributed by atoms with Crippen LogP contribution in [-0.2, 0) is 28.9 Å². The van der Waals surface area contributed by atoms with Crippen LogP contribution in [0.25, 0.3) is 0 Å². The van der Waals surface area contributed by atoms with Gasteiger partial charge in [0.05, 0.1) is 6.54 Å². The topological polar surface area (TPSA) is 58.6 Å². The van der Waals surface area contributed by atoms with Crippen molar-refractivity contribution in [3.8, 4) is 0 Å². The van der Waals surface area contributed by atoms with Gasteiger partial charge in [-0.25, -0.2) is 4.79 Å². The lowest BCUT2D eigenvalue weighted by molar-refractivity contribution is -0.119. The Morgan fingerprint density at radius 1 is 1.08 bits per heavy atom. The molecule has 128 valence electrons. The van der Waals surface area contributed by atoms with E-state index in [2.05, 4.69) is 17.4 Å². The Morgan fingerprint density at radius 3 is 2.36 bits per heavy atom. The van der Waals surface area contributed by atoms with Crippen LogP contribution in [0.2, 0.25) is 0 Å². The average Bonchev–Trinajstić information content (AvgIpc) is 3.23. The largest absolute Gasteiger partial charge is 0.448 e. The van der Waals surface area contributed by atoms with Crippen molar-refractivity contribution in [1.82, 2.24) is 4.90 Å². The molecule has 2 aromatic carbocycles. The maximum Gasteiger partial charge on any atom is 0.410 e. The molecule has 0 radical (unpaired) electrons.